The van der Waals surface area contributed by atoms with Gasteiger partial charge < -0.3 is 5.32 Å². The van der Waals surface area contributed by atoms with E-state index < -0.39 is 0 Å². The summed E-state index contributed by atoms with van der Waals surface area (Å²) in [6.45, 7) is 2.27. The molecule has 1 amide bonds. The molecule has 0 spiro atoms. The van der Waals surface area contributed by atoms with Crippen LogP contribution in [0.5, 0.6) is 0 Å². The Morgan fingerprint density at radius 3 is 2.76 bits per heavy atom. The number of halogens is 1. The third-order valence-electron chi connectivity index (χ3n) is 6.05. The maximum atomic E-state index is 12.6. The zero-order valence-electron chi connectivity index (χ0n) is 16.8. The average molecular weight is 413 g/mol. The molecule has 1 saturated heterocycles. The summed E-state index contributed by atoms with van der Waals surface area (Å²) in [6.07, 6.45) is 11.6. The first-order valence-electron chi connectivity index (χ1n) is 10.8. The molecule has 2 aromatic rings. The summed E-state index contributed by atoms with van der Waals surface area (Å²) in [5.41, 5.74) is 2.90. The highest BCUT2D eigenvalue weighted by Crippen LogP contribution is 2.32. The number of rotatable bonds is 5. The van der Waals surface area contributed by atoms with Gasteiger partial charge in [0.2, 0.25) is 5.91 Å². The molecule has 4 rings (SSSR count). The molecule has 2 heterocycles. The molecule has 2 aliphatic rings. The van der Waals surface area contributed by atoms with E-state index in [1.807, 2.05) is 24.3 Å². The van der Waals surface area contributed by atoms with E-state index in [-0.39, 0.29) is 11.8 Å². The van der Waals surface area contributed by atoms with Gasteiger partial charge in [-0.25, -0.2) is 0 Å². The Kier molecular flexibility index (Phi) is 6.78. The molecule has 1 aromatic carbocycles. The van der Waals surface area contributed by atoms with Crippen LogP contribution in [0.3, 0.4) is 0 Å². The molecule has 0 radical (unpaired) electrons. The highest BCUT2D eigenvalue weighted by molar-refractivity contribution is 6.30. The smallest absolute Gasteiger partial charge is 0.234 e. The number of hydrogen-bond acceptors (Lipinski definition) is 4. The molecular formula is C23H29ClN4O. The molecule has 1 aliphatic carbocycles. The highest BCUT2D eigenvalue weighted by Gasteiger charge is 2.27. The van der Waals surface area contributed by atoms with E-state index in [2.05, 4.69) is 20.2 Å². The minimum atomic E-state index is 0.159. The van der Waals surface area contributed by atoms with E-state index in [4.69, 9.17) is 11.6 Å². The fourth-order valence-corrected chi connectivity index (χ4v) is 4.84. The molecule has 29 heavy (non-hydrogen) atoms. The molecule has 6 heteroatoms. The minimum Gasteiger partial charge on any atom is -0.352 e. The fraction of sp³-hybridized carbons (Fsp3) is 0.522. The van der Waals surface area contributed by atoms with Crippen LogP contribution in [0.2, 0.25) is 5.02 Å². The van der Waals surface area contributed by atoms with E-state index in [1.165, 1.54) is 19.3 Å². The number of hydrogen-bond donors (Lipinski definition) is 1. The van der Waals surface area contributed by atoms with E-state index >= 15 is 0 Å². The van der Waals surface area contributed by atoms with Crippen LogP contribution in [0.15, 0.2) is 36.7 Å². The standard InChI is InChI=1S/C23H29ClN4O/c24-19-8-4-6-17(14-19)22-23(26-12-11-25-22)18-7-5-13-28(15-18)16-21(29)27-20-9-2-1-3-10-20/h4,6,8,11-12,14,18,20H,1-3,5,7,9-10,13,15-16H2,(H,27,29). The number of benzene rings is 1. The molecule has 1 saturated carbocycles. The van der Waals surface area contributed by atoms with Crippen LogP contribution in [0.25, 0.3) is 11.3 Å². The van der Waals surface area contributed by atoms with Crippen molar-refractivity contribution in [3.05, 3.63) is 47.4 Å². The fourth-order valence-electron chi connectivity index (χ4n) is 4.65. The van der Waals surface area contributed by atoms with Crippen LogP contribution in [-0.2, 0) is 4.79 Å². The topological polar surface area (TPSA) is 58.1 Å². The largest absolute Gasteiger partial charge is 0.352 e. The first-order valence-corrected chi connectivity index (χ1v) is 11.2. The van der Waals surface area contributed by atoms with Crippen molar-refractivity contribution in [2.75, 3.05) is 19.6 Å². The minimum absolute atomic E-state index is 0.159. The van der Waals surface area contributed by atoms with Gasteiger partial charge in [0.05, 0.1) is 17.9 Å². The van der Waals surface area contributed by atoms with Crippen LogP contribution in [0.1, 0.15) is 56.6 Å². The molecule has 5 nitrogen and oxygen atoms in total. The Balaban J connectivity index is 1.43. The molecular weight excluding hydrogens is 384 g/mol. The van der Waals surface area contributed by atoms with Gasteiger partial charge in [-0.05, 0) is 44.4 Å². The number of piperidine rings is 1. The predicted molar refractivity (Wildman–Crippen MR) is 116 cm³/mol. The zero-order chi connectivity index (χ0) is 20.1. The predicted octanol–water partition coefficient (Wildman–Crippen LogP) is 4.43. The van der Waals surface area contributed by atoms with Crippen LogP contribution in [0, 0.1) is 0 Å². The van der Waals surface area contributed by atoms with Crippen LogP contribution < -0.4 is 5.32 Å². The van der Waals surface area contributed by atoms with E-state index in [9.17, 15) is 4.79 Å². The number of carbonyl (C=O) groups excluding carboxylic acids is 1. The lowest BCUT2D eigenvalue weighted by Crippen LogP contribution is -2.45. The van der Waals surface area contributed by atoms with Crippen LogP contribution in [-0.4, -0.2) is 46.5 Å². The van der Waals surface area contributed by atoms with Crippen molar-refractivity contribution in [3.8, 4) is 11.3 Å². The summed E-state index contributed by atoms with van der Waals surface area (Å²) < 4.78 is 0. The maximum absolute atomic E-state index is 12.6. The van der Waals surface area contributed by atoms with Crippen molar-refractivity contribution in [2.45, 2.75) is 56.9 Å². The van der Waals surface area contributed by atoms with Crippen molar-refractivity contribution < 1.29 is 4.79 Å². The first kappa shape index (κ1) is 20.3. The molecule has 1 atom stereocenters. The molecule has 0 bridgehead atoms. The molecule has 1 unspecified atom stereocenters. The number of amides is 1. The van der Waals surface area contributed by atoms with Crippen molar-refractivity contribution in [1.29, 1.82) is 0 Å². The number of nitrogens with one attached hydrogen (secondary N) is 1. The highest BCUT2D eigenvalue weighted by atomic mass is 35.5. The van der Waals surface area contributed by atoms with Crippen molar-refractivity contribution in [3.63, 3.8) is 0 Å². The lowest BCUT2D eigenvalue weighted by molar-refractivity contribution is -0.123. The van der Waals surface area contributed by atoms with Gasteiger partial charge in [-0.3, -0.25) is 19.7 Å². The van der Waals surface area contributed by atoms with Gasteiger partial charge in [0.1, 0.15) is 0 Å². The SMILES string of the molecule is O=C(CN1CCCC(c2nccnc2-c2cccc(Cl)c2)C1)NC1CCCCC1. The molecule has 2 fully saturated rings. The van der Waals surface area contributed by atoms with Crippen LogP contribution in [0.4, 0.5) is 0 Å². The second-order valence-corrected chi connectivity index (χ2v) is 8.71. The lowest BCUT2D eigenvalue weighted by atomic mass is 9.91. The Bertz CT molecular complexity index is 837. The molecule has 1 N–H and O–H groups in total. The lowest BCUT2D eigenvalue weighted by Gasteiger charge is -2.33. The summed E-state index contributed by atoms with van der Waals surface area (Å²) in [6, 6.07) is 8.14. The molecule has 1 aromatic heterocycles. The third kappa shape index (κ3) is 5.34. The zero-order valence-corrected chi connectivity index (χ0v) is 17.6. The van der Waals surface area contributed by atoms with Crippen molar-refractivity contribution in [1.82, 2.24) is 20.2 Å². The number of likely N-dealkylation sites (tertiary alicyclic amines) is 1. The van der Waals surface area contributed by atoms with Gasteiger partial charge in [-0.15, -0.1) is 0 Å². The maximum Gasteiger partial charge on any atom is 0.234 e. The summed E-state index contributed by atoms with van der Waals surface area (Å²) in [5.74, 6) is 0.431. The first-order chi connectivity index (χ1) is 14.2. The summed E-state index contributed by atoms with van der Waals surface area (Å²) in [5, 5.41) is 3.94. The Labute approximate surface area is 177 Å². The van der Waals surface area contributed by atoms with Gasteiger partial charge in [0.25, 0.3) is 0 Å². The summed E-state index contributed by atoms with van der Waals surface area (Å²) in [4.78, 5) is 24.1. The number of nitrogens with zero attached hydrogens (tertiary/aromatic N) is 3. The second kappa shape index (κ2) is 9.68. The van der Waals surface area contributed by atoms with Gasteiger partial charge in [0.15, 0.2) is 0 Å². The van der Waals surface area contributed by atoms with E-state index in [0.29, 0.717) is 17.6 Å². The Morgan fingerprint density at radius 2 is 1.93 bits per heavy atom. The van der Waals surface area contributed by atoms with Gasteiger partial charge in [-0.2, -0.15) is 0 Å². The Morgan fingerprint density at radius 1 is 1.10 bits per heavy atom. The molecule has 154 valence electrons. The van der Waals surface area contributed by atoms with E-state index in [0.717, 1.165) is 55.7 Å². The quantitative estimate of drug-likeness (QED) is 0.789. The normalized spacial score (nSPS) is 21.1. The Hall–Kier alpha value is -1.98. The molecule has 1 aliphatic heterocycles. The monoisotopic (exact) mass is 412 g/mol. The van der Waals surface area contributed by atoms with Crippen molar-refractivity contribution >= 4 is 17.5 Å². The number of aromatic nitrogens is 2. The third-order valence-corrected chi connectivity index (χ3v) is 6.29. The van der Waals surface area contributed by atoms with Gasteiger partial charge in [0, 0.05) is 41.5 Å². The summed E-state index contributed by atoms with van der Waals surface area (Å²) in [7, 11) is 0. The van der Waals surface area contributed by atoms with Gasteiger partial charge in [-0.1, -0.05) is 43.0 Å². The van der Waals surface area contributed by atoms with Crippen LogP contribution >= 0.6 is 11.6 Å². The van der Waals surface area contributed by atoms with E-state index in [1.54, 1.807) is 12.4 Å². The average Bonchev–Trinajstić information content (AvgIpc) is 2.74. The second-order valence-electron chi connectivity index (χ2n) is 8.28. The van der Waals surface area contributed by atoms with Crippen molar-refractivity contribution in [2.24, 2.45) is 0 Å². The van der Waals surface area contributed by atoms with Gasteiger partial charge >= 0.3 is 0 Å². The number of carbonyl (C=O) groups is 1. The summed E-state index contributed by atoms with van der Waals surface area (Å²) >= 11 is 6.19.